The van der Waals surface area contributed by atoms with Gasteiger partial charge in [0.15, 0.2) is 11.5 Å². The number of methoxy groups -OCH3 is 3. The van der Waals surface area contributed by atoms with E-state index < -0.39 is 11.9 Å². The summed E-state index contributed by atoms with van der Waals surface area (Å²) in [5.41, 5.74) is 2.66. The van der Waals surface area contributed by atoms with Gasteiger partial charge in [0.1, 0.15) is 6.61 Å². The van der Waals surface area contributed by atoms with Crippen LogP contribution in [0.4, 0.5) is 0 Å². The fraction of sp³-hybridized carbons (Fsp3) is 0.240. The molecule has 10 heteroatoms. The minimum atomic E-state index is -0.636. The molecule has 3 rings (SSSR count). The Morgan fingerprint density at radius 2 is 1.54 bits per heavy atom. The quantitative estimate of drug-likeness (QED) is 0.290. The Bertz CT molecular complexity index is 1270. The second-order valence-corrected chi connectivity index (χ2v) is 9.10. The van der Waals surface area contributed by atoms with E-state index in [-0.39, 0.29) is 17.7 Å². The van der Waals surface area contributed by atoms with E-state index in [2.05, 4.69) is 20.9 Å². The normalized spacial score (nSPS) is 10.6. The molecule has 0 amide bonds. The number of carbonyl (C=O) groups excluding carboxylic acids is 2. The molecule has 35 heavy (non-hydrogen) atoms. The van der Waals surface area contributed by atoms with Crippen molar-refractivity contribution in [2.45, 2.75) is 20.5 Å². The van der Waals surface area contributed by atoms with Crippen molar-refractivity contribution >= 4 is 51.1 Å². The standard InChI is InChI=1S/C25H22BrCl2NO6/c1-12-20(24(30)33-4)22(21(13(2)29-12)25(31)34-5)15-8-17(26)23(19(9-15)32-3)35-11-14-6-7-16(27)10-18(14)28/h6-10H,11H2,1-5H3. The summed E-state index contributed by atoms with van der Waals surface area (Å²) >= 11 is 15.8. The molecule has 0 atom stereocenters. The summed E-state index contributed by atoms with van der Waals surface area (Å²) in [4.78, 5) is 29.8. The minimum Gasteiger partial charge on any atom is -0.493 e. The van der Waals surface area contributed by atoms with Crippen LogP contribution in [0.3, 0.4) is 0 Å². The monoisotopic (exact) mass is 581 g/mol. The summed E-state index contributed by atoms with van der Waals surface area (Å²) in [6.45, 7) is 3.49. The number of nitrogens with zero attached hydrogens (tertiary/aromatic N) is 1. The number of pyridine rings is 1. The molecule has 0 radical (unpaired) electrons. The Balaban J connectivity index is 2.18. The van der Waals surface area contributed by atoms with E-state index in [0.29, 0.717) is 48.5 Å². The number of halogens is 3. The third-order valence-electron chi connectivity index (χ3n) is 5.24. The summed E-state index contributed by atoms with van der Waals surface area (Å²) in [5, 5.41) is 0.991. The van der Waals surface area contributed by atoms with Crippen LogP contribution < -0.4 is 9.47 Å². The Kier molecular flexibility index (Phi) is 8.64. The average Bonchev–Trinajstić information content (AvgIpc) is 2.82. The second kappa shape index (κ2) is 11.3. The summed E-state index contributed by atoms with van der Waals surface area (Å²) in [5.74, 6) is -0.506. The minimum absolute atomic E-state index is 0.147. The Hall–Kier alpha value is -2.81. The first-order valence-corrected chi connectivity index (χ1v) is 11.8. The highest BCUT2D eigenvalue weighted by Gasteiger charge is 2.28. The van der Waals surface area contributed by atoms with Crippen LogP contribution in [0.5, 0.6) is 11.5 Å². The zero-order valence-corrected chi connectivity index (χ0v) is 22.7. The van der Waals surface area contributed by atoms with Crippen molar-refractivity contribution in [2.75, 3.05) is 21.3 Å². The van der Waals surface area contributed by atoms with Gasteiger partial charge in [0.05, 0.1) is 48.3 Å². The van der Waals surface area contributed by atoms with E-state index in [4.69, 9.17) is 42.1 Å². The smallest absolute Gasteiger partial charge is 0.340 e. The maximum atomic E-state index is 12.7. The van der Waals surface area contributed by atoms with Gasteiger partial charge in [-0.1, -0.05) is 29.3 Å². The first-order valence-electron chi connectivity index (χ1n) is 10.2. The number of ether oxygens (including phenoxy) is 4. The van der Waals surface area contributed by atoms with E-state index in [1.807, 2.05) is 0 Å². The highest BCUT2D eigenvalue weighted by Crippen LogP contribution is 2.43. The van der Waals surface area contributed by atoms with E-state index in [0.717, 1.165) is 5.56 Å². The first-order chi connectivity index (χ1) is 16.6. The molecule has 7 nitrogen and oxygen atoms in total. The molecule has 2 aromatic carbocycles. The number of carbonyl (C=O) groups is 2. The van der Waals surface area contributed by atoms with Crippen LogP contribution in [-0.2, 0) is 16.1 Å². The Morgan fingerprint density at radius 1 is 0.943 bits per heavy atom. The number of hydrogen-bond acceptors (Lipinski definition) is 7. The lowest BCUT2D eigenvalue weighted by molar-refractivity contribution is 0.0599. The Labute approximate surface area is 221 Å². The van der Waals surface area contributed by atoms with E-state index in [1.165, 1.54) is 21.3 Å². The van der Waals surface area contributed by atoms with Crippen LogP contribution >= 0.6 is 39.1 Å². The van der Waals surface area contributed by atoms with Crippen molar-refractivity contribution in [2.24, 2.45) is 0 Å². The molecule has 0 aliphatic heterocycles. The predicted molar refractivity (Wildman–Crippen MR) is 137 cm³/mol. The van der Waals surface area contributed by atoms with Gasteiger partial charge < -0.3 is 18.9 Å². The van der Waals surface area contributed by atoms with E-state index in [9.17, 15) is 9.59 Å². The van der Waals surface area contributed by atoms with Crippen molar-refractivity contribution in [3.63, 3.8) is 0 Å². The summed E-state index contributed by atoms with van der Waals surface area (Å²) in [6, 6.07) is 8.50. The van der Waals surface area contributed by atoms with Gasteiger partial charge in [0, 0.05) is 21.2 Å². The molecule has 0 bridgehead atoms. The van der Waals surface area contributed by atoms with Gasteiger partial charge in [0.25, 0.3) is 0 Å². The zero-order valence-electron chi connectivity index (χ0n) is 19.6. The van der Waals surface area contributed by atoms with Crippen LogP contribution in [0.1, 0.15) is 37.7 Å². The molecular weight excluding hydrogens is 561 g/mol. The maximum absolute atomic E-state index is 12.7. The number of esters is 2. The van der Waals surface area contributed by atoms with Crippen LogP contribution in [0.2, 0.25) is 10.0 Å². The maximum Gasteiger partial charge on any atom is 0.340 e. The lowest BCUT2D eigenvalue weighted by atomic mass is 9.92. The molecule has 3 aromatic rings. The van der Waals surface area contributed by atoms with Crippen LogP contribution in [0.25, 0.3) is 11.1 Å². The fourth-order valence-electron chi connectivity index (χ4n) is 3.64. The van der Waals surface area contributed by atoms with Gasteiger partial charge in [-0.15, -0.1) is 0 Å². The highest BCUT2D eigenvalue weighted by molar-refractivity contribution is 9.10. The number of hydrogen-bond donors (Lipinski definition) is 0. The highest BCUT2D eigenvalue weighted by atomic mass is 79.9. The zero-order chi connectivity index (χ0) is 25.9. The molecule has 184 valence electrons. The summed E-state index contributed by atoms with van der Waals surface area (Å²) in [7, 11) is 4.01. The van der Waals surface area contributed by atoms with Gasteiger partial charge in [0.2, 0.25) is 0 Å². The van der Waals surface area contributed by atoms with Gasteiger partial charge in [-0.05, 0) is 59.6 Å². The topological polar surface area (TPSA) is 84.0 Å². The Morgan fingerprint density at radius 3 is 2.06 bits per heavy atom. The number of aryl methyl sites for hydroxylation is 2. The molecule has 0 aliphatic carbocycles. The molecule has 0 N–H and O–H groups in total. The van der Waals surface area contributed by atoms with Gasteiger partial charge in [-0.2, -0.15) is 0 Å². The third kappa shape index (κ3) is 5.55. The van der Waals surface area contributed by atoms with Gasteiger partial charge in [-0.25, -0.2) is 9.59 Å². The third-order valence-corrected chi connectivity index (χ3v) is 6.42. The van der Waals surface area contributed by atoms with Crippen molar-refractivity contribution < 1.29 is 28.5 Å². The average molecular weight is 583 g/mol. The molecule has 0 saturated carbocycles. The molecule has 1 aromatic heterocycles. The number of benzene rings is 2. The van der Waals surface area contributed by atoms with Gasteiger partial charge >= 0.3 is 11.9 Å². The van der Waals surface area contributed by atoms with E-state index in [1.54, 1.807) is 44.2 Å². The SMILES string of the molecule is COC(=O)c1c(C)nc(C)c(C(=O)OC)c1-c1cc(Br)c(OCc2ccc(Cl)cc2Cl)c(OC)c1. The van der Waals surface area contributed by atoms with Crippen molar-refractivity contribution in [3.8, 4) is 22.6 Å². The first kappa shape index (κ1) is 26.8. The summed E-state index contributed by atoms with van der Waals surface area (Å²) in [6.07, 6.45) is 0. The number of aromatic nitrogens is 1. The predicted octanol–water partition coefficient (Wildman–Crippen LogP) is 6.60. The molecule has 0 spiro atoms. The van der Waals surface area contributed by atoms with Crippen LogP contribution in [0, 0.1) is 13.8 Å². The largest absolute Gasteiger partial charge is 0.493 e. The molecule has 0 saturated heterocycles. The molecule has 0 unspecified atom stereocenters. The molecule has 0 aliphatic rings. The lowest BCUT2D eigenvalue weighted by Crippen LogP contribution is -2.16. The van der Waals surface area contributed by atoms with Crippen molar-refractivity contribution in [1.29, 1.82) is 0 Å². The van der Waals surface area contributed by atoms with Crippen LogP contribution in [-0.4, -0.2) is 38.3 Å². The molecule has 0 fully saturated rings. The molecular formula is C25H22BrCl2NO6. The fourth-order valence-corrected chi connectivity index (χ4v) is 4.65. The van der Waals surface area contributed by atoms with Crippen LogP contribution in [0.15, 0.2) is 34.8 Å². The van der Waals surface area contributed by atoms with Gasteiger partial charge in [-0.3, -0.25) is 4.98 Å². The summed E-state index contributed by atoms with van der Waals surface area (Å²) < 4.78 is 22.1. The van der Waals surface area contributed by atoms with Crippen molar-refractivity contribution in [3.05, 3.63) is 72.9 Å². The van der Waals surface area contributed by atoms with Crippen molar-refractivity contribution in [1.82, 2.24) is 4.98 Å². The molecule has 1 heterocycles. The second-order valence-electron chi connectivity index (χ2n) is 7.40. The van der Waals surface area contributed by atoms with E-state index >= 15 is 0 Å². The number of rotatable bonds is 7. The lowest BCUT2D eigenvalue weighted by Gasteiger charge is -2.19.